The zero-order valence-corrected chi connectivity index (χ0v) is 13.8. The van der Waals surface area contributed by atoms with Gasteiger partial charge in [-0.15, -0.1) is 11.3 Å². The maximum atomic E-state index is 6.22. The van der Waals surface area contributed by atoms with Crippen LogP contribution < -0.4 is 5.32 Å². The van der Waals surface area contributed by atoms with Crippen LogP contribution in [0.2, 0.25) is 5.02 Å². The van der Waals surface area contributed by atoms with Gasteiger partial charge in [-0.3, -0.25) is 0 Å². The van der Waals surface area contributed by atoms with Crippen LogP contribution in [0.1, 0.15) is 23.3 Å². The van der Waals surface area contributed by atoms with Crippen molar-refractivity contribution in [2.24, 2.45) is 0 Å². The standard InChI is InChI=1S/C15H15BrClNS/c1-9-6-13(16)12(7-14(9)17)15-5-4-11(19-15)8-18-10-2-3-10/h4-7,10,18H,2-3,8H2,1H3. The largest absolute Gasteiger partial charge is 0.309 e. The molecule has 0 aliphatic heterocycles. The number of nitrogens with one attached hydrogen (secondary N) is 1. The Morgan fingerprint density at radius 2 is 2.16 bits per heavy atom. The SMILES string of the molecule is Cc1cc(Br)c(-c2ccc(CNC3CC3)s2)cc1Cl. The highest BCUT2D eigenvalue weighted by Crippen LogP contribution is 2.37. The van der Waals surface area contributed by atoms with Gasteiger partial charge in [-0.05, 0) is 49.6 Å². The highest BCUT2D eigenvalue weighted by Gasteiger charge is 2.20. The van der Waals surface area contributed by atoms with E-state index in [-0.39, 0.29) is 0 Å². The summed E-state index contributed by atoms with van der Waals surface area (Å²) in [6, 6.07) is 9.27. The van der Waals surface area contributed by atoms with Crippen molar-refractivity contribution in [3.8, 4) is 10.4 Å². The van der Waals surface area contributed by atoms with E-state index in [0.717, 1.165) is 27.6 Å². The zero-order valence-electron chi connectivity index (χ0n) is 10.7. The van der Waals surface area contributed by atoms with Crippen molar-refractivity contribution in [3.63, 3.8) is 0 Å². The topological polar surface area (TPSA) is 12.0 Å². The molecule has 0 unspecified atom stereocenters. The van der Waals surface area contributed by atoms with Crippen molar-refractivity contribution >= 4 is 38.9 Å². The first kappa shape index (κ1) is 13.6. The first-order valence-electron chi connectivity index (χ1n) is 6.41. The normalized spacial score (nSPS) is 14.9. The molecule has 0 atom stereocenters. The van der Waals surface area contributed by atoms with E-state index >= 15 is 0 Å². The van der Waals surface area contributed by atoms with Crippen LogP contribution in [0.3, 0.4) is 0 Å². The first-order valence-corrected chi connectivity index (χ1v) is 8.40. The molecular formula is C15H15BrClNS. The highest BCUT2D eigenvalue weighted by molar-refractivity contribution is 9.10. The summed E-state index contributed by atoms with van der Waals surface area (Å²) in [6.07, 6.45) is 2.66. The zero-order chi connectivity index (χ0) is 13.4. The summed E-state index contributed by atoms with van der Waals surface area (Å²) in [7, 11) is 0. The van der Waals surface area contributed by atoms with Gasteiger partial charge in [0.15, 0.2) is 0 Å². The van der Waals surface area contributed by atoms with Gasteiger partial charge in [0.05, 0.1) is 0 Å². The predicted molar refractivity (Wildman–Crippen MR) is 87.1 cm³/mol. The first-order chi connectivity index (χ1) is 9.13. The molecule has 19 heavy (non-hydrogen) atoms. The third-order valence-electron chi connectivity index (χ3n) is 3.32. The summed E-state index contributed by atoms with van der Waals surface area (Å²) >= 11 is 11.7. The molecule has 1 aliphatic carbocycles. The summed E-state index contributed by atoms with van der Waals surface area (Å²) < 4.78 is 1.11. The van der Waals surface area contributed by atoms with Gasteiger partial charge in [0, 0.05) is 37.4 Å². The van der Waals surface area contributed by atoms with Crippen LogP contribution in [0.4, 0.5) is 0 Å². The number of aryl methyl sites for hydroxylation is 1. The van der Waals surface area contributed by atoms with Gasteiger partial charge in [-0.1, -0.05) is 27.5 Å². The van der Waals surface area contributed by atoms with Crippen LogP contribution in [0.15, 0.2) is 28.7 Å². The molecule has 100 valence electrons. The lowest BCUT2D eigenvalue weighted by Crippen LogP contribution is -2.14. The highest BCUT2D eigenvalue weighted by atomic mass is 79.9. The van der Waals surface area contributed by atoms with Crippen LogP contribution in [-0.4, -0.2) is 6.04 Å². The van der Waals surface area contributed by atoms with Gasteiger partial charge in [-0.2, -0.15) is 0 Å². The molecule has 2 aromatic rings. The Bertz CT molecular complexity index is 604. The summed E-state index contributed by atoms with van der Waals surface area (Å²) in [5.41, 5.74) is 2.28. The quantitative estimate of drug-likeness (QED) is 0.774. The van der Waals surface area contributed by atoms with Gasteiger partial charge < -0.3 is 5.32 Å². The molecule has 1 saturated carbocycles. The molecular weight excluding hydrogens is 342 g/mol. The van der Waals surface area contributed by atoms with Gasteiger partial charge in [0.2, 0.25) is 0 Å². The molecule has 0 spiro atoms. The minimum Gasteiger partial charge on any atom is -0.309 e. The second-order valence-electron chi connectivity index (χ2n) is 5.00. The number of hydrogen-bond acceptors (Lipinski definition) is 2. The van der Waals surface area contributed by atoms with Crippen molar-refractivity contribution in [2.45, 2.75) is 32.4 Å². The molecule has 1 aliphatic rings. The summed E-state index contributed by atoms with van der Waals surface area (Å²) in [5.74, 6) is 0. The smallest absolute Gasteiger partial charge is 0.0442 e. The number of benzene rings is 1. The van der Waals surface area contributed by atoms with Crippen molar-refractivity contribution in [1.29, 1.82) is 0 Å². The molecule has 3 rings (SSSR count). The van der Waals surface area contributed by atoms with E-state index in [1.165, 1.54) is 28.2 Å². The average molecular weight is 357 g/mol. The maximum absolute atomic E-state index is 6.22. The van der Waals surface area contributed by atoms with Gasteiger partial charge in [0.1, 0.15) is 0 Å². The monoisotopic (exact) mass is 355 g/mol. The molecule has 1 aromatic heterocycles. The predicted octanol–water partition coefficient (Wildman–Crippen LogP) is 5.39. The molecule has 1 fully saturated rings. The Hall–Kier alpha value is -0.350. The Morgan fingerprint density at radius 1 is 1.37 bits per heavy atom. The minimum absolute atomic E-state index is 0.756. The Morgan fingerprint density at radius 3 is 2.89 bits per heavy atom. The van der Waals surface area contributed by atoms with E-state index in [9.17, 15) is 0 Å². The van der Waals surface area contributed by atoms with Crippen LogP contribution in [-0.2, 0) is 6.54 Å². The molecule has 1 aromatic carbocycles. The Labute approximate surface area is 131 Å². The van der Waals surface area contributed by atoms with Crippen molar-refractivity contribution in [3.05, 3.63) is 44.2 Å². The van der Waals surface area contributed by atoms with Crippen LogP contribution in [0.5, 0.6) is 0 Å². The third-order valence-corrected chi connectivity index (χ3v) is 5.50. The Kier molecular flexibility index (Phi) is 3.99. The van der Waals surface area contributed by atoms with Crippen molar-refractivity contribution in [2.75, 3.05) is 0 Å². The summed E-state index contributed by atoms with van der Waals surface area (Å²) in [6.45, 7) is 3.00. The van der Waals surface area contributed by atoms with E-state index < -0.39 is 0 Å². The van der Waals surface area contributed by atoms with E-state index in [1.54, 1.807) is 0 Å². The summed E-state index contributed by atoms with van der Waals surface area (Å²) in [5, 5.41) is 4.37. The molecule has 1 nitrogen and oxygen atoms in total. The third kappa shape index (κ3) is 3.22. The van der Waals surface area contributed by atoms with Crippen LogP contribution in [0.25, 0.3) is 10.4 Å². The molecule has 0 bridgehead atoms. The lowest BCUT2D eigenvalue weighted by molar-refractivity contribution is 0.695. The minimum atomic E-state index is 0.756. The van der Waals surface area contributed by atoms with Crippen molar-refractivity contribution < 1.29 is 0 Å². The average Bonchev–Trinajstić information content (AvgIpc) is 3.09. The molecule has 1 heterocycles. The Balaban J connectivity index is 1.83. The molecule has 0 radical (unpaired) electrons. The maximum Gasteiger partial charge on any atom is 0.0442 e. The van der Waals surface area contributed by atoms with Crippen molar-refractivity contribution in [1.82, 2.24) is 5.32 Å². The van der Waals surface area contributed by atoms with Crippen LogP contribution >= 0.6 is 38.9 Å². The van der Waals surface area contributed by atoms with E-state index in [2.05, 4.69) is 39.4 Å². The number of hydrogen-bond donors (Lipinski definition) is 1. The van der Waals surface area contributed by atoms with Crippen LogP contribution in [0, 0.1) is 6.92 Å². The van der Waals surface area contributed by atoms with Gasteiger partial charge in [-0.25, -0.2) is 0 Å². The lowest BCUT2D eigenvalue weighted by Gasteiger charge is -2.05. The van der Waals surface area contributed by atoms with E-state index in [4.69, 9.17) is 11.6 Å². The fourth-order valence-corrected chi connectivity index (χ4v) is 3.94. The molecule has 0 saturated heterocycles. The number of rotatable bonds is 4. The van der Waals surface area contributed by atoms with Gasteiger partial charge in [0.25, 0.3) is 0 Å². The van der Waals surface area contributed by atoms with Gasteiger partial charge >= 0.3 is 0 Å². The second-order valence-corrected chi connectivity index (χ2v) is 7.43. The number of thiophene rings is 1. The molecule has 0 amide bonds. The van der Waals surface area contributed by atoms with E-state index in [1.807, 2.05) is 24.3 Å². The van der Waals surface area contributed by atoms with E-state index in [0.29, 0.717) is 0 Å². The molecule has 4 heteroatoms. The number of halogens is 2. The second kappa shape index (κ2) is 5.57. The fraction of sp³-hybridized carbons (Fsp3) is 0.333. The lowest BCUT2D eigenvalue weighted by atomic mass is 10.1. The fourth-order valence-electron chi connectivity index (χ4n) is 1.99. The summed E-state index contributed by atoms with van der Waals surface area (Å²) in [4.78, 5) is 2.65. The molecule has 1 N–H and O–H groups in total.